The fraction of sp³-hybridized carbons (Fsp3) is 0.944. The highest BCUT2D eigenvalue weighted by Gasteiger charge is 2.67. The molecular weight excluding hydrogens is 290 g/mol. The molecule has 0 radical (unpaired) electrons. The standard InChI is InChI=1S/C18H31N3O2/c1-19-5-7-21(8-6-19)11-14(22)10-20(2)18(23)17-15-12-3-4-13(9-12)16(15)17/h12-17,22H,3-11H2,1-2H3. The second-order valence-electron chi connectivity index (χ2n) is 8.49. The number of fused-ring (bicyclic) bond motifs is 5. The van der Waals surface area contributed by atoms with Gasteiger partial charge in [-0.1, -0.05) is 0 Å². The number of aliphatic hydroxyl groups excluding tert-OH is 1. The zero-order valence-electron chi connectivity index (χ0n) is 14.5. The molecule has 5 atom stereocenters. The molecule has 4 rings (SSSR count). The third-order valence-corrected chi connectivity index (χ3v) is 6.95. The number of amides is 1. The number of likely N-dealkylation sites (N-methyl/N-ethyl adjacent to an activating group) is 2. The van der Waals surface area contributed by atoms with Crippen molar-refractivity contribution in [1.29, 1.82) is 0 Å². The van der Waals surface area contributed by atoms with Gasteiger partial charge in [-0.05, 0) is 50.0 Å². The lowest BCUT2D eigenvalue weighted by Gasteiger charge is -2.34. The van der Waals surface area contributed by atoms with Crippen LogP contribution < -0.4 is 0 Å². The van der Waals surface area contributed by atoms with Crippen molar-refractivity contribution in [3.63, 3.8) is 0 Å². The molecule has 130 valence electrons. The van der Waals surface area contributed by atoms with E-state index in [2.05, 4.69) is 16.8 Å². The van der Waals surface area contributed by atoms with Crippen LogP contribution in [0.2, 0.25) is 0 Å². The van der Waals surface area contributed by atoms with Crippen LogP contribution in [-0.4, -0.2) is 85.2 Å². The predicted octanol–water partition coefficient (Wildman–Crippen LogP) is 0.345. The Labute approximate surface area is 139 Å². The number of piperazine rings is 1. The van der Waals surface area contributed by atoms with E-state index in [1.807, 2.05) is 11.9 Å². The Kier molecular flexibility index (Phi) is 4.14. The smallest absolute Gasteiger partial charge is 0.226 e. The van der Waals surface area contributed by atoms with Crippen LogP contribution in [0, 0.1) is 29.6 Å². The molecule has 23 heavy (non-hydrogen) atoms. The van der Waals surface area contributed by atoms with Gasteiger partial charge in [0, 0.05) is 52.2 Å². The van der Waals surface area contributed by atoms with Crippen LogP contribution in [0.5, 0.6) is 0 Å². The maximum absolute atomic E-state index is 12.7. The van der Waals surface area contributed by atoms with Crippen molar-refractivity contribution in [3.8, 4) is 0 Å². The summed E-state index contributed by atoms with van der Waals surface area (Å²) in [6.45, 7) is 5.33. The highest BCUT2D eigenvalue weighted by molar-refractivity contribution is 5.82. The van der Waals surface area contributed by atoms with E-state index in [1.54, 1.807) is 0 Å². The van der Waals surface area contributed by atoms with E-state index in [4.69, 9.17) is 0 Å². The van der Waals surface area contributed by atoms with Gasteiger partial charge in [0.15, 0.2) is 0 Å². The molecule has 0 spiro atoms. The molecule has 3 aliphatic carbocycles. The first-order valence-corrected chi connectivity index (χ1v) is 9.38. The first kappa shape index (κ1) is 15.9. The van der Waals surface area contributed by atoms with Gasteiger partial charge >= 0.3 is 0 Å². The number of carbonyl (C=O) groups is 1. The van der Waals surface area contributed by atoms with Gasteiger partial charge in [-0.3, -0.25) is 9.69 Å². The molecule has 1 saturated heterocycles. The van der Waals surface area contributed by atoms with E-state index in [0.717, 1.165) is 38.0 Å². The van der Waals surface area contributed by atoms with Gasteiger partial charge in [-0.25, -0.2) is 0 Å². The summed E-state index contributed by atoms with van der Waals surface area (Å²) in [5.74, 6) is 3.65. The monoisotopic (exact) mass is 321 g/mol. The van der Waals surface area contributed by atoms with Crippen LogP contribution in [0.4, 0.5) is 0 Å². The minimum absolute atomic E-state index is 0.294. The Morgan fingerprint density at radius 1 is 1.17 bits per heavy atom. The van der Waals surface area contributed by atoms with E-state index >= 15 is 0 Å². The van der Waals surface area contributed by atoms with Gasteiger partial charge in [-0.2, -0.15) is 0 Å². The third kappa shape index (κ3) is 2.92. The number of nitrogens with zero attached hydrogens (tertiary/aromatic N) is 3. The summed E-state index contributed by atoms with van der Waals surface area (Å²) in [6, 6.07) is 0. The zero-order valence-corrected chi connectivity index (χ0v) is 14.5. The lowest BCUT2D eigenvalue weighted by Crippen LogP contribution is -2.49. The topological polar surface area (TPSA) is 47.0 Å². The molecule has 3 saturated carbocycles. The molecule has 4 fully saturated rings. The largest absolute Gasteiger partial charge is 0.390 e. The average molecular weight is 321 g/mol. The minimum Gasteiger partial charge on any atom is -0.390 e. The molecule has 1 amide bonds. The van der Waals surface area contributed by atoms with Gasteiger partial charge in [0.1, 0.15) is 0 Å². The van der Waals surface area contributed by atoms with Gasteiger partial charge in [0.2, 0.25) is 5.91 Å². The lowest BCUT2D eigenvalue weighted by molar-refractivity contribution is -0.133. The number of hydrogen-bond acceptors (Lipinski definition) is 4. The Bertz CT molecular complexity index is 447. The first-order valence-electron chi connectivity index (χ1n) is 9.38. The number of aliphatic hydroxyl groups is 1. The Morgan fingerprint density at radius 2 is 1.78 bits per heavy atom. The van der Waals surface area contributed by atoms with Crippen LogP contribution in [0.25, 0.3) is 0 Å². The van der Waals surface area contributed by atoms with E-state index < -0.39 is 6.10 Å². The first-order chi connectivity index (χ1) is 11.0. The second-order valence-corrected chi connectivity index (χ2v) is 8.49. The van der Waals surface area contributed by atoms with Crippen molar-refractivity contribution >= 4 is 5.91 Å². The summed E-state index contributed by atoms with van der Waals surface area (Å²) in [5, 5.41) is 10.4. The molecule has 5 unspecified atom stereocenters. The quantitative estimate of drug-likeness (QED) is 0.793. The Balaban J connectivity index is 1.24. The zero-order chi connectivity index (χ0) is 16.1. The Morgan fingerprint density at radius 3 is 2.39 bits per heavy atom. The lowest BCUT2D eigenvalue weighted by atomic mass is 10.0. The predicted molar refractivity (Wildman–Crippen MR) is 88.9 cm³/mol. The van der Waals surface area contributed by atoms with Crippen molar-refractivity contribution in [2.24, 2.45) is 29.6 Å². The third-order valence-electron chi connectivity index (χ3n) is 6.95. The average Bonchev–Trinajstić information content (AvgIpc) is 2.95. The summed E-state index contributed by atoms with van der Waals surface area (Å²) in [4.78, 5) is 19.1. The van der Waals surface area contributed by atoms with E-state index in [1.165, 1.54) is 19.3 Å². The van der Waals surface area contributed by atoms with Crippen molar-refractivity contribution < 1.29 is 9.90 Å². The van der Waals surface area contributed by atoms with Crippen molar-refractivity contribution in [2.75, 3.05) is 53.4 Å². The number of rotatable bonds is 5. The van der Waals surface area contributed by atoms with Crippen molar-refractivity contribution in [2.45, 2.75) is 25.4 Å². The number of hydrogen-bond donors (Lipinski definition) is 1. The van der Waals surface area contributed by atoms with Crippen molar-refractivity contribution in [1.82, 2.24) is 14.7 Å². The van der Waals surface area contributed by atoms with Gasteiger partial charge in [0.25, 0.3) is 0 Å². The fourth-order valence-electron chi connectivity index (χ4n) is 5.70. The summed E-state index contributed by atoms with van der Waals surface area (Å²) in [7, 11) is 4.02. The maximum Gasteiger partial charge on any atom is 0.226 e. The normalized spacial score (nSPS) is 40.9. The van der Waals surface area contributed by atoms with Crippen LogP contribution in [0.3, 0.4) is 0 Å². The maximum atomic E-state index is 12.7. The van der Waals surface area contributed by atoms with Gasteiger partial charge < -0.3 is 14.9 Å². The van der Waals surface area contributed by atoms with E-state index in [-0.39, 0.29) is 0 Å². The highest BCUT2D eigenvalue weighted by Crippen LogP contribution is 2.69. The molecule has 0 aromatic carbocycles. The molecule has 4 aliphatic rings. The highest BCUT2D eigenvalue weighted by atomic mass is 16.3. The minimum atomic E-state index is -0.428. The van der Waals surface area contributed by atoms with Crippen LogP contribution in [0.1, 0.15) is 19.3 Å². The summed E-state index contributed by atoms with van der Waals surface area (Å²) in [6.07, 6.45) is 3.66. The van der Waals surface area contributed by atoms with E-state index in [9.17, 15) is 9.90 Å². The molecular formula is C18H31N3O2. The molecule has 0 aromatic rings. The molecule has 1 N–H and O–H groups in total. The van der Waals surface area contributed by atoms with Crippen LogP contribution >= 0.6 is 0 Å². The van der Waals surface area contributed by atoms with Crippen LogP contribution in [-0.2, 0) is 4.79 Å². The Hall–Kier alpha value is -0.650. The molecule has 5 heteroatoms. The second kappa shape index (κ2) is 6.01. The fourth-order valence-corrected chi connectivity index (χ4v) is 5.70. The van der Waals surface area contributed by atoms with Gasteiger partial charge in [0.05, 0.1) is 6.10 Å². The molecule has 0 aromatic heterocycles. The van der Waals surface area contributed by atoms with Crippen molar-refractivity contribution in [3.05, 3.63) is 0 Å². The summed E-state index contributed by atoms with van der Waals surface area (Å²) >= 11 is 0. The molecule has 1 heterocycles. The van der Waals surface area contributed by atoms with Crippen LogP contribution in [0.15, 0.2) is 0 Å². The van der Waals surface area contributed by atoms with E-state index in [0.29, 0.717) is 36.8 Å². The number of carbonyl (C=O) groups excluding carboxylic acids is 1. The molecule has 5 nitrogen and oxygen atoms in total. The molecule has 2 bridgehead atoms. The number of β-amino-alcohol motifs (C(OH)–C–C–N with tert-alkyl or cyclic N) is 1. The molecule has 1 aliphatic heterocycles. The van der Waals surface area contributed by atoms with Gasteiger partial charge in [-0.15, -0.1) is 0 Å². The summed E-state index contributed by atoms with van der Waals surface area (Å²) in [5.41, 5.74) is 0. The summed E-state index contributed by atoms with van der Waals surface area (Å²) < 4.78 is 0. The SMILES string of the molecule is CN1CCN(CC(O)CN(C)C(=O)C2C3C4CCC(C4)C23)CC1.